The summed E-state index contributed by atoms with van der Waals surface area (Å²) in [5.74, 6) is 0. The number of halogens is 2. The van der Waals surface area contributed by atoms with Crippen molar-refractivity contribution < 1.29 is 0 Å². The van der Waals surface area contributed by atoms with Crippen molar-refractivity contribution in [2.45, 2.75) is 19.8 Å². The van der Waals surface area contributed by atoms with Crippen LogP contribution in [0.25, 0.3) is 0 Å². The first-order valence-electron chi connectivity index (χ1n) is 3.53. The van der Waals surface area contributed by atoms with Gasteiger partial charge in [-0.25, -0.2) is 4.98 Å². The highest BCUT2D eigenvalue weighted by atomic mass is 35.5. The van der Waals surface area contributed by atoms with Crippen LogP contribution in [0, 0.1) is 6.92 Å². The van der Waals surface area contributed by atoms with Gasteiger partial charge >= 0.3 is 0 Å². The second-order valence-electron chi connectivity index (χ2n) is 2.37. The molecule has 12 heavy (non-hydrogen) atoms. The normalized spacial score (nSPS) is 8.50. The van der Waals surface area contributed by atoms with Crippen molar-refractivity contribution in [3.8, 4) is 0 Å². The van der Waals surface area contributed by atoms with Crippen molar-refractivity contribution in [2.24, 2.45) is 5.73 Å². The Morgan fingerprint density at radius 2 is 2.17 bits per heavy atom. The first kappa shape index (κ1) is 14.3. The average molecular weight is 212 g/mol. The monoisotopic (exact) mass is 211 g/mol. The zero-order chi connectivity index (χ0) is 7.40. The van der Waals surface area contributed by atoms with Gasteiger partial charge in [0.05, 0.1) is 12.0 Å². The Hall–Kier alpha value is -0.250. The highest BCUT2D eigenvalue weighted by Crippen LogP contribution is 2.02. The van der Waals surface area contributed by atoms with Crippen molar-refractivity contribution >= 4 is 24.8 Å². The third-order valence-corrected chi connectivity index (χ3v) is 1.55. The highest BCUT2D eigenvalue weighted by Gasteiger charge is 1.97. The summed E-state index contributed by atoms with van der Waals surface area (Å²) in [6.07, 6.45) is 3.73. The van der Waals surface area contributed by atoms with E-state index >= 15 is 0 Å². The fourth-order valence-electron chi connectivity index (χ4n) is 0.909. The number of hydrogen-bond acceptors (Lipinski definition) is 2. The lowest BCUT2D eigenvalue weighted by molar-refractivity contribution is 0.810. The van der Waals surface area contributed by atoms with E-state index in [0.717, 1.165) is 30.8 Å². The number of aromatic amines is 1. The van der Waals surface area contributed by atoms with Gasteiger partial charge in [-0.1, -0.05) is 0 Å². The maximum absolute atomic E-state index is 5.36. The van der Waals surface area contributed by atoms with Gasteiger partial charge in [0.1, 0.15) is 0 Å². The minimum absolute atomic E-state index is 0. The van der Waals surface area contributed by atoms with Crippen LogP contribution in [-0.4, -0.2) is 16.5 Å². The van der Waals surface area contributed by atoms with Crippen LogP contribution in [0.15, 0.2) is 6.33 Å². The Morgan fingerprint density at radius 3 is 2.58 bits per heavy atom. The summed E-state index contributed by atoms with van der Waals surface area (Å²) in [5.41, 5.74) is 7.66. The second-order valence-corrected chi connectivity index (χ2v) is 2.37. The Kier molecular flexibility index (Phi) is 8.81. The number of aromatic nitrogens is 2. The summed E-state index contributed by atoms with van der Waals surface area (Å²) < 4.78 is 0. The fourth-order valence-corrected chi connectivity index (χ4v) is 0.909. The van der Waals surface area contributed by atoms with E-state index in [1.807, 2.05) is 6.92 Å². The summed E-state index contributed by atoms with van der Waals surface area (Å²) in [6, 6.07) is 0. The number of nitrogens with zero attached hydrogens (tertiary/aromatic N) is 1. The topological polar surface area (TPSA) is 54.7 Å². The van der Waals surface area contributed by atoms with Crippen LogP contribution < -0.4 is 5.73 Å². The molecule has 0 aromatic carbocycles. The van der Waals surface area contributed by atoms with Crippen LogP contribution in [0.5, 0.6) is 0 Å². The Morgan fingerprint density at radius 1 is 1.50 bits per heavy atom. The van der Waals surface area contributed by atoms with Crippen LogP contribution in [-0.2, 0) is 6.42 Å². The van der Waals surface area contributed by atoms with Crippen LogP contribution >= 0.6 is 24.8 Å². The molecule has 0 radical (unpaired) electrons. The predicted octanol–water partition coefficient (Wildman–Crippen LogP) is 1.45. The molecule has 0 saturated carbocycles. The molecule has 3 N–H and O–H groups in total. The molecule has 0 fully saturated rings. The van der Waals surface area contributed by atoms with E-state index in [1.54, 1.807) is 6.33 Å². The van der Waals surface area contributed by atoms with Gasteiger partial charge in [-0.2, -0.15) is 0 Å². The fraction of sp³-hybridized carbons (Fsp3) is 0.571. The number of nitrogens with one attached hydrogen (secondary N) is 1. The van der Waals surface area contributed by atoms with Gasteiger partial charge in [-0.3, -0.25) is 0 Å². The molecule has 0 saturated heterocycles. The van der Waals surface area contributed by atoms with E-state index < -0.39 is 0 Å². The number of H-pyrrole nitrogens is 1. The molecule has 5 heteroatoms. The maximum Gasteiger partial charge on any atom is 0.0925 e. The first-order chi connectivity index (χ1) is 4.84. The largest absolute Gasteiger partial charge is 0.348 e. The van der Waals surface area contributed by atoms with Gasteiger partial charge in [-0.15, -0.1) is 24.8 Å². The molecule has 1 heterocycles. The Bertz CT molecular complexity index is 200. The number of imidazole rings is 1. The van der Waals surface area contributed by atoms with Gasteiger partial charge in [0.15, 0.2) is 0 Å². The molecule has 0 amide bonds. The number of rotatable bonds is 3. The van der Waals surface area contributed by atoms with E-state index in [1.165, 1.54) is 0 Å². The van der Waals surface area contributed by atoms with Crippen LogP contribution in [0.4, 0.5) is 0 Å². The Balaban J connectivity index is 0. The van der Waals surface area contributed by atoms with Gasteiger partial charge in [-0.05, 0) is 26.3 Å². The van der Waals surface area contributed by atoms with Gasteiger partial charge in [0.25, 0.3) is 0 Å². The number of hydrogen-bond donors (Lipinski definition) is 2. The lowest BCUT2D eigenvalue weighted by Crippen LogP contribution is -2.01. The molecule has 0 aliphatic heterocycles. The third-order valence-electron chi connectivity index (χ3n) is 1.55. The van der Waals surface area contributed by atoms with Crippen LogP contribution in [0.3, 0.4) is 0 Å². The van der Waals surface area contributed by atoms with Gasteiger partial charge in [0, 0.05) is 5.69 Å². The summed E-state index contributed by atoms with van der Waals surface area (Å²) >= 11 is 0. The molecule has 1 rings (SSSR count). The standard InChI is InChI=1S/C7H13N3.2ClH/c1-6-7(3-2-4-8)10-5-9-6;;/h5H,2-4,8H2,1H3,(H,9,10);2*1H. The minimum Gasteiger partial charge on any atom is -0.348 e. The van der Waals surface area contributed by atoms with E-state index in [0.29, 0.717) is 0 Å². The van der Waals surface area contributed by atoms with Gasteiger partial charge in [0.2, 0.25) is 0 Å². The predicted molar refractivity (Wildman–Crippen MR) is 55.2 cm³/mol. The molecule has 1 aromatic rings. The van der Waals surface area contributed by atoms with Crippen molar-refractivity contribution in [1.29, 1.82) is 0 Å². The summed E-state index contributed by atoms with van der Waals surface area (Å²) in [7, 11) is 0. The first-order valence-corrected chi connectivity index (χ1v) is 3.53. The summed E-state index contributed by atoms with van der Waals surface area (Å²) in [5, 5.41) is 0. The molecular weight excluding hydrogens is 197 g/mol. The molecule has 0 aliphatic rings. The molecule has 1 aromatic heterocycles. The minimum atomic E-state index is 0. The second kappa shape index (κ2) is 7.40. The molecule has 72 valence electrons. The average Bonchev–Trinajstić information content (AvgIpc) is 2.31. The zero-order valence-corrected chi connectivity index (χ0v) is 8.67. The van der Waals surface area contributed by atoms with Gasteiger partial charge < -0.3 is 10.7 Å². The zero-order valence-electron chi connectivity index (χ0n) is 7.04. The molecule has 3 nitrogen and oxygen atoms in total. The van der Waals surface area contributed by atoms with Crippen molar-refractivity contribution in [3.05, 3.63) is 17.7 Å². The van der Waals surface area contributed by atoms with E-state index in [9.17, 15) is 0 Å². The number of aryl methyl sites for hydroxylation is 2. The van der Waals surface area contributed by atoms with Crippen molar-refractivity contribution in [2.75, 3.05) is 6.54 Å². The quantitative estimate of drug-likeness (QED) is 0.796. The highest BCUT2D eigenvalue weighted by molar-refractivity contribution is 5.85. The lowest BCUT2D eigenvalue weighted by Gasteiger charge is -1.94. The molecule has 0 unspecified atom stereocenters. The summed E-state index contributed by atoms with van der Waals surface area (Å²) in [4.78, 5) is 7.17. The molecule has 0 aliphatic carbocycles. The SMILES string of the molecule is Cc1[nH]cnc1CCCN.Cl.Cl. The molecule has 0 bridgehead atoms. The van der Waals surface area contributed by atoms with Crippen molar-refractivity contribution in [1.82, 2.24) is 9.97 Å². The van der Waals surface area contributed by atoms with E-state index in [-0.39, 0.29) is 24.8 Å². The maximum atomic E-state index is 5.36. The van der Waals surface area contributed by atoms with E-state index in [4.69, 9.17) is 5.73 Å². The molecular formula is C7H15Cl2N3. The lowest BCUT2D eigenvalue weighted by atomic mass is 10.2. The third kappa shape index (κ3) is 3.95. The molecule has 0 atom stereocenters. The van der Waals surface area contributed by atoms with Crippen LogP contribution in [0.1, 0.15) is 17.8 Å². The smallest absolute Gasteiger partial charge is 0.0925 e. The van der Waals surface area contributed by atoms with E-state index in [2.05, 4.69) is 9.97 Å². The number of nitrogens with two attached hydrogens (primary N) is 1. The molecule has 0 spiro atoms. The Labute approximate surface area is 85.0 Å². The van der Waals surface area contributed by atoms with Crippen LogP contribution in [0.2, 0.25) is 0 Å². The summed E-state index contributed by atoms with van der Waals surface area (Å²) in [6.45, 7) is 2.77. The van der Waals surface area contributed by atoms with Crippen molar-refractivity contribution in [3.63, 3.8) is 0 Å².